The number of ether oxygens (including phenoxy) is 2. The zero-order chi connectivity index (χ0) is 19.2. The molecular formula is C23H28N2O3. The van der Waals surface area contributed by atoms with Crippen LogP contribution in [0.4, 0.5) is 0 Å². The third-order valence-electron chi connectivity index (χ3n) is 5.91. The van der Waals surface area contributed by atoms with E-state index in [0.717, 1.165) is 49.8 Å². The summed E-state index contributed by atoms with van der Waals surface area (Å²) in [7, 11) is 0. The van der Waals surface area contributed by atoms with E-state index in [4.69, 9.17) is 9.47 Å². The highest BCUT2D eigenvalue weighted by Gasteiger charge is 2.40. The summed E-state index contributed by atoms with van der Waals surface area (Å²) in [6.07, 6.45) is 8.16. The average Bonchev–Trinajstić information content (AvgIpc) is 3.27. The Morgan fingerprint density at radius 3 is 2.75 bits per heavy atom. The van der Waals surface area contributed by atoms with Crippen molar-refractivity contribution in [2.75, 3.05) is 26.4 Å². The van der Waals surface area contributed by atoms with Gasteiger partial charge in [-0.3, -0.25) is 9.78 Å². The summed E-state index contributed by atoms with van der Waals surface area (Å²) in [6, 6.07) is 12.5. The van der Waals surface area contributed by atoms with Crippen LogP contribution in [0, 0.1) is 5.41 Å². The predicted molar refractivity (Wildman–Crippen MR) is 108 cm³/mol. The molecule has 28 heavy (non-hydrogen) atoms. The first-order valence-electron chi connectivity index (χ1n) is 10.2. The number of hydrogen-bond donors (Lipinski definition) is 1. The van der Waals surface area contributed by atoms with Crippen LogP contribution in [0.15, 0.2) is 48.8 Å². The molecule has 1 amide bonds. The molecule has 0 spiro atoms. The lowest BCUT2D eigenvalue weighted by Gasteiger charge is -2.36. The highest BCUT2D eigenvalue weighted by atomic mass is 16.5. The quantitative estimate of drug-likeness (QED) is 0.835. The molecule has 2 aliphatic heterocycles. The van der Waals surface area contributed by atoms with Crippen LogP contribution >= 0.6 is 0 Å². The summed E-state index contributed by atoms with van der Waals surface area (Å²) < 4.78 is 11.2. The molecule has 1 atom stereocenters. The molecule has 0 unspecified atom stereocenters. The van der Waals surface area contributed by atoms with E-state index in [9.17, 15) is 4.79 Å². The van der Waals surface area contributed by atoms with Gasteiger partial charge >= 0.3 is 0 Å². The maximum atomic E-state index is 13.2. The van der Waals surface area contributed by atoms with E-state index in [-0.39, 0.29) is 12.0 Å². The van der Waals surface area contributed by atoms with E-state index in [1.165, 1.54) is 5.56 Å². The van der Waals surface area contributed by atoms with Crippen LogP contribution < -0.4 is 5.32 Å². The molecule has 0 bridgehead atoms. The molecule has 2 saturated heterocycles. The summed E-state index contributed by atoms with van der Waals surface area (Å²) in [5, 5.41) is 3.17. The van der Waals surface area contributed by atoms with Gasteiger partial charge in [-0.05, 0) is 54.9 Å². The summed E-state index contributed by atoms with van der Waals surface area (Å²) in [6.45, 7) is 2.68. The number of pyridine rings is 1. The van der Waals surface area contributed by atoms with Gasteiger partial charge in [0.1, 0.15) is 0 Å². The Bertz CT molecular complexity index is 781. The van der Waals surface area contributed by atoms with Gasteiger partial charge in [-0.2, -0.15) is 0 Å². The van der Waals surface area contributed by atoms with Gasteiger partial charge in [0.25, 0.3) is 0 Å². The van der Waals surface area contributed by atoms with Gasteiger partial charge in [0.15, 0.2) is 0 Å². The van der Waals surface area contributed by atoms with Gasteiger partial charge in [0, 0.05) is 38.8 Å². The maximum absolute atomic E-state index is 13.2. The molecule has 2 fully saturated rings. The highest BCUT2D eigenvalue weighted by Crippen LogP contribution is 2.35. The van der Waals surface area contributed by atoms with Crippen LogP contribution in [0.3, 0.4) is 0 Å². The third kappa shape index (κ3) is 4.42. The van der Waals surface area contributed by atoms with E-state index in [0.29, 0.717) is 19.8 Å². The van der Waals surface area contributed by atoms with Crippen LogP contribution in [0.1, 0.15) is 31.2 Å². The molecule has 5 heteroatoms. The smallest absolute Gasteiger partial charge is 0.226 e. The molecular weight excluding hydrogens is 352 g/mol. The van der Waals surface area contributed by atoms with E-state index < -0.39 is 5.41 Å². The summed E-state index contributed by atoms with van der Waals surface area (Å²) in [4.78, 5) is 17.4. The average molecular weight is 380 g/mol. The fraction of sp³-hybridized carbons (Fsp3) is 0.478. The minimum atomic E-state index is -0.412. The second-order valence-corrected chi connectivity index (χ2v) is 7.86. The molecule has 1 N–H and O–H groups in total. The Balaban J connectivity index is 1.50. The van der Waals surface area contributed by atoms with Crippen molar-refractivity contribution in [3.63, 3.8) is 0 Å². The number of rotatable bonds is 6. The topological polar surface area (TPSA) is 60.5 Å². The normalized spacial score (nSPS) is 21.4. The van der Waals surface area contributed by atoms with Crippen molar-refractivity contribution in [3.05, 3.63) is 54.4 Å². The van der Waals surface area contributed by atoms with Crippen molar-refractivity contribution >= 4 is 5.91 Å². The van der Waals surface area contributed by atoms with Gasteiger partial charge in [-0.15, -0.1) is 0 Å². The molecule has 4 rings (SSSR count). The maximum Gasteiger partial charge on any atom is 0.226 e. The lowest BCUT2D eigenvalue weighted by atomic mass is 9.74. The van der Waals surface area contributed by atoms with Gasteiger partial charge in [-0.25, -0.2) is 0 Å². The fourth-order valence-corrected chi connectivity index (χ4v) is 4.23. The number of nitrogens with zero attached hydrogens (tertiary/aromatic N) is 1. The first-order valence-corrected chi connectivity index (χ1v) is 10.2. The van der Waals surface area contributed by atoms with Crippen molar-refractivity contribution in [3.8, 4) is 11.1 Å². The molecule has 1 aromatic heterocycles. The number of amides is 1. The summed E-state index contributed by atoms with van der Waals surface area (Å²) in [5.74, 6) is 0.137. The number of nitrogens with one attached hydrogen (secondary N) is 1. The van der Waals surface area contributed by atoms with E-state index in [2.05, 4.69) is 40.6 Å². The van der Waals surface area contributed by atoms with E-state index in [1.54, 1.807) is 6.20 Å². The summed E-state index contributed by atoms with van der Waals surface area (Å²) >= 11 is 0. The van der Waals surface area contributed by atoms with Crippen LogP contribution in [-0.4, -0.2) is 43.4 Å². The van der Waals surface area contributed by atoms with Gasteiger partial charge < -0.3 is 14.8 Å². The fourth-order valence-electron chi connectivity index (χ4n) is 4.23. The molecule has 148 valence electrons. The Labute approximate surface area is 166 Å². The molecule has 3 heterocycles. The zero-order valence-electron chi connectivity index (χ0n) is 16.2. The second-order valence-electron chi connectivity index (χ2n) is 7.86. The zero-order valence-corrected chi connectivity index (χ0v) is 16.2. The van der Waals surface area contributed by atoms with Gasteiger partial charge in [-0.1, -0.05) is 30.3 Å². The monoisotopic (exact) mass is 380 g/mol. The molecule has 2 aliphatic rings. The third-order valence-corrected chi connectivity index (χ3v) is 5.91. The molecule has 1 aromatic carbocycles. The lowest BCUT2D eigenvalue weighted by molar-refractivity contribution is -0.137. The highest BCUT2D eigenvalue weighted by molar-refractivity contribution is 5.83. The van der Waals surface area contributed by atoms with Crippen LogP contribution in [-0.2, 0) is 20.7 Å². The van der Waals surface area contributed by atoms with Gasteiger partial charge in [0.05, 0.1) is 11.5 Å². The molecule has 5 nitrogen and oxygen atoms in total. The Morgan fingerprint density at radius 2 is 2.00 bits per heavy atom. The van der Waals surface area contributed by atoms with Crippen molar-refractivity contribution < 1.29 is 14.3 Å². The number of carbonyl (C=O) groups excluding carboxylic acids is 1. The standard InChI is InChI=1S/C23H28N2O3/c26-22(25-17-21-7-3-11-28-21)23(8-12-27-13-9-23)15-18-4-1-5-19(14-18)20-6-2-10-24-16-20/h1-2,4-6,10,14,16,21H,3,7-9,11-13,15,17H2,(H,25,26)/t21-/m1/s1. The Morgan fingerprint density at radius 1 is 1.14 bits per heavy atom. The largest absolute Gasteiger partial charge is 0.381 e. The molecule has 2 aromatic rings. The number of carbonyl (C=O) groups is 1. The second kappa shape index (κ2) is 8.84. The van der Waals surface area contributed by atoms with Crippen LogP contribution in [0.25, 0.3) is 11.1 Å². The van der Waals surface area contributed by atoms with Crippen molar-refractivity contribution in [2.24, 2.45) is 5.41 Å². The van der Waals surface area contributed by atoms with E-state index in [1.807, 2.05) is 12.3 Å². The van der Waals surface area contributed by atoms with E-state index >= 15 is 0 Å². The van der Waals surface area contributed by atoms with Crippen LogP contribution in [0.2, 0.25) is 0 Å². The van der Waals surface area contributed by atoms with Crippen LogP contribution in [0.5, 0.6) is 0 Å². The molecule has 0 aliphatic carbocycles. The Kier molecular flexibility index (Phi) is 6.03. The SMILES string of the molecule is O=C(NC[C@H]1CCCO1)C1(Cc2cccc(-c3cccnc3)c2)CCOCC1. The predicted octanol–water partition coefficient (Wildman–Crippen LogP) is 3.38. The number of benzene rings is 1. The molecule has 0 saturated carbocycles. The first kappa shape index (κ1) is 19.1. The van der Waals surface area contributed by atoms with Crippen molar-refractivity contribution in [1.82, 2.24) is 10.3 Å². The van der Waals surface area contributed by atoms with Crippen molar-refractivity contribution in [1.29, 1.82) is 0 Å². The van der Waals surface area contributed by atoms with Gasteiger partial charge in [0.2, 0.25) is 5.91 Å². The summed E-state index contributed by atoms with van der Waals surface area (Å²) in [5.41, 5.74) is 2.99. The first-order chi connectivity index (χ1) is 13.8. The molecule has 0 radical (unpaired) electrons. The number of aromatic nitrogens is 1. The lowest BCUT2D eigenvalue weighted by Crippen LogP contribution is -2.47. The minimum Gasteiger partial charge on any atom is -0.381 e. The number of hydrogen-bond acceptors (Lipinski definition) is 4. The van der Waals surface area contributed by atoms with Crippen molar-refractivity contribution in [2.45, 2.75) is 38.2 Å². The Hall–Kier alpha value is -2.24. The minimum absolute atomic E-state index is 0.137.